The van der Waals surface area contributed by atoms with E-state index in [9.17, 15) is 5.11 Å². The van der Waals surface area contributed by atoms with Crippen LogP contribution in [0.15, 0.2) is 0 Å². The Hall–Kier alpha value is -0.120. The lowest BCUT2D eigenvalue weighted by Crippen LogP contribution is -2.49. The van der Waals surface area contributed by atoms with Crippen LogP contribution in [0.2, 0.25) is 0 Å². The largest absolute Gasteiger partial charge is 0.392 e. The second kappa shape index (κ2) is 7.25. The van der Waals surface area contributed by atoms with Gasteiger partial charge in [-0.3, -0.25) is 0 Å². The minimum Gasteiger partial charge on any atom is -0.392 e. The molecule has 0 aliphatic heterocycles. The molecular formula is C13H28N2O. The molecule has 0 amide bonds. The van der Waals surface area contributed by atoms with E-state index in [2.05, 4.69) is 31.0 Å². The van der Waals surface area contributed by atoms with Crippen molar-refractivity contribution in [3.63, 3.8) is 0 Å². The molecule has 3 unspecified atom stereocenters. The zero-order valence-electron chi connectivity index (χ0n) is 11.1. The van der Waals surface area contributed by atoms with Crippen molar-refractivity contribution in [1.29, 1.82) is 0 Å². The first kappa shape index (κ1) is 13.9. The van der Waals surface area contributed by atoms with Crippen molar-refractivity contribution >= 4 is 0 Å². The van der Waals surface area contributed by atoms with E-state index >= 15 is 0 Å². The first-order valence-corrected chi connectivity index (χ1v) is 6.83. The molecule has 96 valence electrons. The molecular weight excluding hydrogens is 200 g/mol. The highest BCUT2D eigenvalue weighted by atomic mass is 16.3. The average molecular weight is 228 g/mol. The molecule has 0 heterocycles. The summed E-state index contributed by atoms with van der Waals surface area (Å²) in [7, 11) is 0. The van der Waals surface area contributed by atoms with Gasteiger partial charge in [-0.15, -0.1) is 0 Å². The van der Waals surface area contributed by atoms with Crippen LogP contribution in [0.5, 0.6) is 0 Å². The van der Waals surface area contributed by atoms with Gasteiger partial charge in [-0.1, -0.05) is 26.7 Å². The number of aliphatic hydroxyl groups excluding tert-OH is 1. The fraction of sp³-hybridized carbons (Fsp3) is 1.00. The van der Waals surface area contributed by atoms with Gasteiger partial charge in [0.05, 0.1) is 6.10 Å². The molecule has 3 heteroatoms. The fourth-order valence-electron chi connectivity index (χ4n) is 2.59. The molecule has 1 aliphatic rings. The number of nitrogens with zero attached hydrogens (tertiary/aromatic N) is 1. The minimum absolute atomic E-state index is 0.132. The topological polar surface area (TPSA) is 35.5 Å². The van der Waals surface area contributed by atoms with Gasteiger partial charge in [0.2, 0.25) is 0 Å². The molecule has 1 aliphatic carbocycles. The predicted molar refractivity (Wildman–Crippen MR) is 68.6 cm³/mol. The third-order valence-corrected chi connectivity index (χ3v) is 3.65. The second-order valence-electron chi connectivity index (χ2n) is 5.01. The number of rotatable bonds is 6. The Kier molecular flexibility index (Phi) is 6.32. The van der Waals surface area contributed by atoms with Crippen molar-refractivity contribution < 1.29 is 5.11 Å². The average Bonchev–Trinajstić information content (AvgIpc) is 2.29. The van der Waals surface area contributed by atoms with E-state index < -0.39 is 0 Å². The highest BCUT2D eigenvalue weighted by molar-refractivity contribution is 4.83. The number of hydrogen-bond acceptors (Lipinski definition) is 3. The zero-order valence-corrected chi connectivity index (χ0v) is 11.1. The smallest absolute Gasteiger partial charge is 0.0693 e. The van der Waals surface area contributed by atoms with Gasteiger partial charge in [0.1, 0.15) is 0 Å². The maximum Gasteiger partial charge on any atom is 0.0693 e. The van der Waals surface area contributed by atoms with E-state index in [1.165, 1.54) is 12.8 Å². The molecule has 0 radical (unpaired) electrons. The second-order valence-corrected chi connectivity index (χ2v) is 5.01. The summed E-state index contributed by atoms with van der Waals surface area (Å²) in [5.74, 6) is 0. The van der Waals surface area contributed by atoms with Crippen LogP contribution in [-0.4, -0.2) is 47.8 Å². The first-order chi connectivity index (χ1) is 7.67. The van der Waals surface area contributed by atoms with Gasteiger partial charge in [0.25, 0.3) is 0 Å². The summed E-state index contributed by atoms with van der Waals surface area (Å²) in [5, 5.41) is 13.5. The van der Waals surface area contributed by atoms with Gasteiger partial charge in [-0.2, -0.15) is 0 Å². The summed E-state index contributed by atoms with van der Waals surface area (Å²) in [5.41, 5.74) is 0. The van der Waals surface area contributed by atoms with Crippen molar-refractivity contribution in [3.8, 4) is 0 Å². The van der Waals surface area contributed by atoms with E-state index in [1.807, 2.05) is 0 Å². The van der Waals surface area contributed by atoms with E-state index in [-0.39, 0.29) is 6.10 Å². The lowest BCUT2D eigenvalue weighted by Gasteiger charge is -2.33. The summed E-state index contributed by atoms with van der Waals surface area (Å²) in [6, 6.07) is 0.789. The highest BCUT2D eigenvalue weighted by Gasteiger charge is 2.24. The Morgan fingerprint density at radius 2 is 1.88 bits per heavy atom. The number of hydrogen-bond donors (Lipinski definition) is 2. The number of aliphatic hydroxyl groups is 1. The normalized spacial score (nSPS) is 28.3. The standard InChI is InChI=1S/C13H28N2O/c1-4-15(5-2)10-11(3)14-12-8-6-7-9-13(12)16/h11-14,16H,4-10H2,1-3H3. The Bertz CT molecular complexity index is 183. The van der Waals surface area contributed by atoms with Crippen LogP contribution in [0.1, 0.15) is 46.5 Å². The van der Waals surface area contributed by atoms with Crippen molar-refractivity contribution in [2.75, 3.05) is 19.6 Å². The highest BCUT2D eigenvalue weighted by Crippen LogP contribution is 2.18. The van der Waals surface area contributed by atoms with Crippen LogP contribution in [0.4, 0.5) is 0 Å². The zero-order chi connectivity index (χ0) is 12.0. The Labute approximate surface area is 100 Å². The van der Waals surface area contributed by atoms with Crippen LogP contribution in [0, 0.1) is 0 Å². The summed E-state index contributed by atoms with van der Waals surface area (Å²) >= 11 is 0. The van der Waals surface area contributed by atoms with Crippen molar-refractivity contribution in [3.05, 3.63) is 0 Å². The van der Waals surface area contributed by atoms with Crippen LogP contribution >= 0.6 is 0 Å². The van der Waals surface area contributed by atoms with Crippen LogP contribution in [0.25, 0.3) is 0 Å². The molecule has 3 nitrogen and oxygen atoms in total. The molecule has 0 spiro atoms. The Morgan fingerprint density at radius 3 is 2.44 bits per heavy atom. The van der Waals surface area contributed by atoms with E-state index in [0.717, 1.165) is 32.5 Å². The molecule has 2 N–H and O–H groups in total. The van der Waals surface area contributed by atoms with Crippen molar-refractivity contribution in [2.24, 2.45) is 0 Å². The number of nitrogens with one attached hydrogen (secondary N) is 1. The van der Waals surface area contributed by atoms with E-state index in [1.54, 1.807) is 0 Å². The summed E-state index contributed by atoms with van der Waals surface area (Å²) < 4.78 is 0. The van der Waals surface area contributed by atoms with Gasteiger partial charge >= 0.3 is 0 Å². The molecule has 0 aromatic carbocycles. The fourth-order valence-corrected chi connectivity index (χ4v) is 2.59. The molecule has 0 aromatic rings. The molecule has 0 bridgehead atoms. The molecule has 0 aromatic heterocycles. The lowest BCUT2D eigenvalue weighted by atomic mass is 9.92. The third-order valence-electron chi connectivity index (χ3n) is 3.65. The minimum atomic E-state index is -0.132. The maximum atomic E-state index is 9.89. The lowest BCUT2D eigenvalue weighted by molar-refractivity contribution is 0.0826. The monoisotopic (exact) mass is 228 g/mol. The molecule has 1 fully saturated rings. The summed E-state index contributed by atoms with van der Waals surface area (Å²) in [6.07, 6.45) is 4.41. The molecule has 0 saturated heterocycles. The van der Waals surface area contributed by atoms with Gasteiger partial charge in [0, 0.05) is 18.6 Å². The Balaban J connectivity index is 2.29. The number of likely N-dealkylation sites (N-methyl/N-ethyl adjacent to an activating group) is 1. The molecule has 16 heavy (non-hydrogen) atoms. The SMILES string of the molecule is CCN(CC)CC(C)NC1CCCCC1O. The Morgan fingerprint density at radius 1 is 1.25 bits per heavy atom. The van der Waals surface area contributed by atoms with E-state index in [0.29, 0.717) is 12.1 Å². The van der Waals surface area contributed by atoms with Gasteiger partial charge in [0.15, 0.2) is 0 Å². The van der Waals surface area contributed by atoms with Gasteiger partial charge < -0.3 is 15.3 Å². The van der Waals surface area contributed by atoms with Gasteiger partial charge in [-0.25, -0.2) is 0 Å². The predicted octanol–water partition coefficient (Wildman–Crippen LogP) is 1.61. The maximum absolute atomic E-state index is 9.89. The molecule has 1 saturated carbocycles. The quantitative estimate of drug-likeness (QED) is 0.725. The van der Waals surface area contributed by atoms with Gasteiger partial charge in [-0.05, 0) is 32.9 Å². The van der Waals surface area contributed by atoms with Crippen LogP contribution in [0.3, 0.4) is 0 Å². The summed E-state index contributed by atoms with van der Waals surface area (Å²) in [6.45, 7) is 9.92. The van der Waals surface area contributed by atoms with Crippen LogP contribution in [-0.2, 0) is 0 Å². The van der Waals surface area contributed by atoms with Crippen molar-refractivity contribution in [2.45, 2.75) is 64.6 Å². The molecule has 1 rings (SSSR count). The van der Waals surface area contributed by atoms with E-state index in [4.69, 9.17) is 0 Å². The van der Waals surface area contributed by atoms with Crippen LogP contribution < -0.4 is 5.32 Å². The summed E-state index contributed by atoms with van der Waals surface area (Å²) in [4.78, 5) is 2.42. The first-order valence-electron chi connectivity index (χ1n) is 6.83. The third kappa shape index (κ3) is 4.40. The molecule has 3 atom stereocenters. The van der Waals surface area contributed by atoms with Crippen molar-refractivity contribution in [1.82, 2.24) is 10.2 Å².